The maximum atomic E-state index is 13.2. The second kappa shape index (κ2) is 8.92. The SMILES string of the molecule is CCN1CCN(C(=O)CCn2c(=O)c(N3CCOCC3)nc3ccccc32)CC1. The number of fused-ring (bicyclic) bond motifs is 1. The first-order chi connectivity index (χ1) is 14.2. The molecule has 1 aromatic carbocycles. The van der Waals surface area contributed by atoms with Gasteiger partial charge in [0.05, 0.1) is 24.2 Å². The van der Waals surface area contributed by atoms with Gasteiger partial charge in [-0.25, -0.2) is 4.98 Å². The van der Waals surface area contributed by atoms with Crippen molar-refractivity contribution >= 4 is 22.8 Å². The molecule has 2 fully saturated rings. The summed E-state index contributed by atoms with van der Waals surface area (Å²) < 4.78 is 7.12. The Balaban J connectivity index is 1.55. The largest absolute Gasteiger partial charge is 0.378 e. The second-order valence-corrected chi connectivity index (χ2v) is 7.55. The third kappa shape index (κ3) is 4.28. The lowest BCUT2D eigenvalue weighted by molar-refractivity contribution is -0.133. The van der Waals surface area contributed by atoms with Crippen molar-refractivity contribution < 1.29 is 9.53 Å². The summed E-state index contributed by atoms with van der Waals surface area (Å²) in [6, 6.07) is 7.64. The molecule has 0 radical (unpaired) electrons. The van der Waals surface area contributed by atoms with E-state index in [0.717, 1.165) is 43.8 Å². The van der Waals surface area contributed by atoms with Crippen LogP contribution in [-0.4, -0.2) is 84.3 Å². The summed E-state index contributed by atoms with van der Waals surface area (Å²) >= 11 is 0. The minimum Gasteiger partial charge on any atom is -0.378 e. The molecule has 2 aliphatic rings. The summed E-state index contributed by atoms with van der Waals surface area (Å²) in [6.07, 6.45) is 0.322. The smallest absolute Gasteiger partial charge is 0.294 e. The zero-order valence-electron chi connectivity index (χ0n) is 17.0. The second-order valence-electron chi connectivity index (χ2n) is 7.55. The van der Waals surface area contributed by atoms with Crippen LogP contribution in [0, 0.1) is 0 Å². The number of rotatable bonds is 5. The number of morpholine rings is 1. The van der Waals surface area contributed by atoms with Gasteiger partial charge >= 0.3 is 0 Å². The number of amides is 1. The normalized spacial score (nSPS) is 18.4. The number of aryl methyl sites for hydroxylation is 1. The van der Waals surface area contributed by atoms with Gasteiger partial charge in [0.15, 0.2) is 5.82 Å². The van der Waals surface area contributed by atoms with E-state index in [4.69, 9.17) is 4.74 Å². The van der Waals surface area contributed by atoms with Gasteiger partial charge in [-0.3, -0.25) is 9.59 Å². The number of nitrogens with zero attached hydrogens (tertiary/aromatic N) is 5. The lowest BCUT2D eigenvalue weighted by Gasteiger charge is -2.34. The average molecular weight is 399 g/mol. The summed E-state index contributed by atoms with van der Waals surface area (Å²) in [7, 11) is 0. The van der Waals surface area contributed by atoms with Gasteiger partial charge in [0, 0.05) is 52.2 Å². The molecule has 2 saturated heterocycles. The molecule has 0 atom stereocenters. The highest BCUT2D eigenvalue weighted by Gasteiger charge is 2.22. The summed E-state index contributed by atoms with van der Waals surface area (Å²) in [6.45, 7) is 9.38. The molecule has 1 amide bonds. The van der Waals surface area contributed by atoms with Crippen LogP contribution in [-0.2, 0) is 16.1 Å². The molecule has 29 heavy (non-hydrogen) atoms. The van der Waals surface area contributed by atoms with E-state index in [0.29, 0.717) is 45.1 Å². The van der Waals surface area contributed by atoms with Crippen LogP contribution in [0.1, 0.15) is 13.3 Å². The van der Waals surface area contributed by atoms with Crippen LogP contribution in [0.25, 0.3) is 11.0 Å². The monoisotopic (exact) mass is 399 g/mol. The van der Waals surface area contributed by atoms with Gasteiger partial charge in [-0.2, -0.15) is 0 Å². The number of carbonyl (C=O) groups excluding carboxylic acids is 1. The zero-order chi connectivity index (χ0) is 20.2. The van der Waals surface area contributed by atoms with Crippen LogP contribution in [0.4, 0.5) is 5.82 Å². The maximum Gasteiger partial charge on any atom is 0.294 e. The molecular formula is C21H29N5O3. The van der Waals surface area contributed by atoms with Crippen molar-refractivity contribution in [2.24, 2.45) is 0 Å². The van der Waals surface area contributed by atoms with Crippen molar-refractivity contribution in [2.45, 2.75) is 19.9 Å². The molecule has 0 aliphatic carbocycles. The molecule has 4 rings (SSSR count). The minimum atomic E-state index is -0.130. The van der Waals surface area contributed by atoms with Crippen molar-refractivity contribution in [3.05, 3.63) is 34.6 Å². The zero-order valence-corrected chi connectivity index (χ0v) is 17.0. The fourth-order valence-corrected chi connectivity index (χ4v) is 4.06. The van der Waals surface area contributed by atoms with Crippen molar-refractivity contribution in [1.82, 2.24) is 19.4 Å². The van der Waals surface area contributed by atoms with Crippen LogP contribution < -0.4 is 10.5 Å². The molecule has 8 heteroatoms. The fraction of sp³-hybridized carbons (Fsp3) is 0.571. The molecule has 3 heterocycles. The summed E-state index contributed by atoms with van der Waals surface area (Å²) in [5, 5.41) is 0. The Kier molecular flexibility index (Phi) is 6.10. The molecule has 1 aromatic heterocycles. The van der Waals surface area contributed by atoms with E-state index in [9.17, 15) is 9.59 Å². The van der Waals surface area contributed by atoms with Crippen LogP contribution in [0.5, 0.6) is 0 Å². The summed E-state index contributed by atoms with van der Waals surface area (Å²) in [4.78, 5) is 36.9. The van der Waals surface area contributed by atoms with E-state index in [2.05, 4.69) is 16.8 Å². The lowest BCUT2D eigenvalue weighted by Crippen LogP contribution is -2.48. The van der Waals surface area contributed by atoms with Crippen molar-refractivity contribution in [3.63, 3.8) is 0 Å². The molecule has 0 bridgehead atoms. The number of benzene rings is 1. The highest BCUT2D eigenvalue weighted by atomic mass is 16.5. The molecule has 0 unspecified atom stereocenters. The molecule has 0 saturated carbocycles. The Hall–Kier alpha value is -2.45. The molecule has 0 N–H and O–H groups in total. The summed E-state index contributed by atoms with van der Waals surface area (Å²) in [5.74, 6) is 0.567. The Labute approximate surface area is 170 Å². The number of aromatic nitrogens is 2. The quantitative estimate of drug-likeness (QED) is 0.740. The average Bonchev–Trinajstić information content (AvgIpc) is 2.78. The van der Waals surface area contributed by atoms with Gasteiger partial charge in [0.25, 0.3) is 5.56 Å². The van der Waals surface area contributed by atoms with Crippen LogP contribution >= 0.6 is 0 Å². The molecule has 8 nitrogen and oxygen atoms in total. The summed E-state index contributed by atoms with van der Waals surface area (Å²) in [5.41, 5.74) is 1.42. The van der Waals surface area contributed by atoms with Crippen molar-refractivity contribution in [2.75, 3.05) is 63.9 Å². The van der Waals surface area contributed by atoms with Gasteiger partial charge in [-0.05, 0) is 18.7 Å². The molecule has 2 aromatic rings. The Morgan fingerprint density at radius 3 is 2.52 bits per heavy atom. The predicted molar refractivity (Wildman–Crippen MR) is 112 cm³/mol. The lowest BCUT2D eigenvalue weighted by atomic mass is 10.2. The number of ether oxygens (including phenoxy) is 1. The van der Waals surface area contributed by atoms with Crippen LogP contribution in [0.2, 0.25) is 0 Å². The van der Waals surface area contributed by atoms with E-state index < -0.39 is 0 Å². The first-order valence-corrected chi connectivity index (χ1v) is 10.5. The van der Waals surface area contributed by atoms with E-state index in [1.54, 1.807) is 4.57 Å². The third-order valence-corrected chi connectivity index (χ3v) is 5.87. The number of anilines is 1. The first-order valence-electron chi connectivity index (χ1n) is 10.5. The topological polar surface area (TPSA) is 70.9 Å². The van der Waals surface area contributed by atoms with E-state index in [1.807, 2.05) is 34.1 Å². The Morgan fingerprint density at radius 1 is 1.07 bits per heavy atom. The third-order valence-electron chi connectivity index (χ3n) is 5.87. The minimum absolute atomic E-state index is 0.112. The first kappa shape index (κ1) is 19.8. The van der Waals surface area contributed by atoms with Gasteiger partial charge in [0.2, 0.25) is 5.91 Å². The van der Waals surface area contributed by atoms with Gasteiger partial charge in [-0.1, -0.05) is 19.1 Å². The highest BCUT2D eigenvalue weighted by molar-refractivity contribution is 5.78. The number of hydrogen-bond donors (Lipinski definition) is 0. The van der Waals surface area contributed by atoms with E-state index in [-0.39, 0.29) is 11.5 Å². The molecule has 156 valence electrons. The number of carbonyl (C=O) groups is 1. The van der Waals surface area contributed by atoms with Crippen LogP contribution in [0.15, 0.2) is 29.1 Å². The van der Waals surface area contributed by atoms with E-state index in [1.165, 1.54) is 0 Å². The van der Waals surface area contributed by atoms with Gasteiger partial charge < -0.3 is 24.0 Å². The molecular weight excluding hydrogens is 370 g/mol. The fourth-order valence-electron chi connectivity index (χ4n) is 4.06. The number of para-hydroxylation sites is 2. The van der Waals surface area contributed by atoms with Crippen molar-refractivity contribution in [3.8, 4) is 0 Å². The number of likely N-dealkylation sites (N-methyl/N-ethyl adjacent to an activating group) is 1. The highest BCUT2D eigenvalue weighted by Crippen LogP contribution is 2.16. The maximum absolute atomic E-state index is 13.2. The number of piperazine rings is 1. The van der Waals surface area contributed by atoms with Gasteiger partial charge in [-0.15, -0.1) is 0 Å². The van der Waals surface area contributed by atoms with Crippen molar-refractivity contribution in [1.29, 1.82) is 0 Å². The predicted octanol–water partition coefficient (Wildman–Crippen LogP) is 0.787. The Bertz CT molecular complexity index is 914. The standard InChI is InChI=1S/C21H29N5O3/c1-2-23-9-11-24(12-10-23)19(27)7-8-26-18-6-4-3-5-17(18)22-20(21(26)28)25-13-15-29-16-14-25/h3-6H,2,7-16H2,1H3. The number of hydrogen-bond acceptors (Lipinski definition) is 6. The van der Waals surface area contributed by atoms with Gasteiger partial charge in [0.1, 0.15) is 0 Å². The van der Waals surface area contributed by atoms with E-state index >= 15 is 0 Å². The Morgan fingerprint density at radius 2 is 1.79 bits per heavy atom. The molecule has 0 spiro atoms. The van der Waals surface area contributed by atoms with Crippen LogP contribution in [0.3, 0.4) is 0 Å². The molecule has 2 aliphatic heterocycles.